The van der Waals surface area contributed by atoms with Gasteiger partial charge in [-0.1, -0.05) is 0 Å². The van der Waals surface area contributed by atoms with Crippen LogP contribution in [0, 0.1) is 13.8 Å². The molecule has 3 heterocycles. The average Bonchev–Trinajstić information content (AvgIpc) is 3.21. The van der Waals surface area contributed by atoms with E-state index in [9.17, 15) is 18.0 Å². The Hall–Kier alpha value is -2.17. The van der Waals surface area contributed by atoms with Gasteiger partial charge in [-0.2, -0.15) is 4.31 Å². The zero-order chi connectivity index (χ0) is 19.1. The Kier molecular flexibility index (Phi) is 4.91. The van der Waals surface area contributed by atoms with Crippen LogP contribution in [-0.4, -0.2) is 60.8 Å². The Balaban J connectivity index is 1.69. The number of thiophene rings is 1. The van der Waals surface area contributed by atoms with Crippen LogP contribution in [0.3, 0.4) is 0 Å². The molecule has 1 N–H and O–H groups in total. The predicted molar refractivity (Wildman–Crippen MR) is 94.1 cm³/mol. The number of sulfonamides is 1. The molecule has 0 saturated carbocycles. The molecule has 8 nitrogen and oxygen atoms in total. The van der Waals surface area contributed by atoms with E-state index in [-0.39, 0.29) is 37.5 Å². The van der Waals surface area contributed by atoms with E-state index < -0.39 is 21.9 Å². The van der Waals surface area contributed by atoms with E-state index in [0.717, 1.165) is 16.0 Å². The zero-order valence-electron chi connectivity index (χ0n) is 14.3. The van der Waals surface area contributed by atoms with Crippen LogP contribution in [0.2, 0.25) is 0 Å². The highest BCUT2D eigenvalue weighted by molar-refractivity contribution is 7.89. The van der Waals surface area contributed by atoms with Gasteiger partial charge in [0.25, 0.3) is 5.91 Å². The topological polar surface area (TPSA) is 108 Å². The minimum atomic E-state index is -3.59. The number of hydrogen-bond acceptors (Lipinski definition) is 6. The summed E-state index contributed by atoms with van der Waals surface area (Å²) in [6, 6.07) is 2.84. The van der Waals surface area contributed by atoms with Crippen molar-refractivity contribution in [2.75, 3.05) is 26.2 Å². The highest BCUT2D eigenvalue weighted by Gasteiger charge is 2.32. The monoisotopic (exact) mass is 398 g/mol. The largest absolute Gasteiger partial charge is 0.478 e. The van der Waals surface area contributed by atoms with Gasteiger partial charge in [0.1, 0.15) is 6.26 Å². The Labute approximate surface area is 154 Å². The maximum Gasteiger partial charge on any atom is 0.338 e. The van der Waals surface area contributed by atoms with Gasteiger partial charge in [0.2, 0.25) is 10.0 Å². The molecule has 1 amide bonds. The van der Waals surface area contributed by atoms with Crippen molar-refractivity contribution in [3.05, 3.63) is 39.5 Å². The lowest BCUT2D eigenvalue weighted by Crippen LogP contribution is -2.50. The second-order valence-corrected chi connectivity index (χ2v) is 9.35. The van der Waals surface area contributed by atoms with E-state index in [1.807, 2.05) is 6.92 Å². The Morgan fingerprint density at radius 2 is 1.81 bits per heavy atom. The van der Waals surface area contributed by atoms with Gasteiger partial charge in [-0.15, -0.1) is 11.3 Å². The zero-order valence-corrected chi connectivity index (χ0v) is 15.9. The number of aromatic carboxylic acids is 1. The molecule has 1 saturated heterocycles. The lowest BCUT2D eigenvalue weighted by Gasteiger charge is -2.33. The summed E-state index contributed by atoms with van der Waals surface area (Å²) in [6.45, 7) is 4.42. The molecule has 0 spiro atoms. The van der Waals surface area contributed by atoms with Crippen molar-refractivity contribution in [1.29, 1.82) is 0 Å². The first-order chi connectivity index (χ1) is 12.2. The molecule has 1 aliphatic rings. The summed E-state index contributed by atoms with van der Waals surface area (Å²) >= 11 is 1.44. The fraction of sp³-hybridized carbons (Fsp3) is 0.375. The third kappa shape index (κ3) is 3.39. The number of furan rings is 1. The lowest BCUT2D eigenvalue weighted by atomic mass is 10.2. The average molecular weight is 398 g/mol. The summed E-state index contributed by atoms with van der Waals surface area (Å²) in [5, 5.41) is 8.89. The second-order valence-electron chi connectivity index (χ2n) is 5.98. The van der Waals surface area contributed by atoms with Crippen molar-refractivity contribution in [1.82, 2.24) is 9.21 Å². The summed E-state index contributed by atoms with van der Waals surface area (Å²) in [6.07, 6.45) is 1.01. The van der Waals surface area contributed by atoms with Gasteiger partial charge in [0, 0.05) is 42.0 Å². The van der Waals surface area contributed by atoms with E-state index in [1.54, 1.807) is 13.0 Å². The van der Waals surface area contributed by atoms with Gasteiger partial charge in [0.05, 0.1) is 10.5 Å². The fourth-order valence-corrected chi connectivity index (χ4v) is 5.80. The van der Waals surface area contributed by atoms with Crippen LogP contribution >= 0.6 is 11.3 Å². The van der Waals surface area contributed by atoms with Crippen LogP contribution in [-0.2, 0) is 10.0 Å². The molecule has 0 atom stereocenters. The number of rotatable bonds is 4. The molecule has 2 aromatic heterocycles. The molecule has 0 bridgehead atoms. The molecule has 1 fully saturated rings. The Morgan fingerprint density at radius 3 is 2.31 bits per heavy atom. The molecule has 26 heavy (non-hydrogen) atoms. The van der Waals surface area contributed by atoms with Gasteiger partial charge < -0.3 is 14.4 Å². The summed E-state index contributed by atoms with van der Waals surface area (Å²) < 4.78 is 32.0. The van der Waals surface area contributed by atoms with Crippen molar-refractivity contribution in [2.45, 2.75) is 18.7 Å². The maximum atomic E-state index is 12.8. The molecular formula is C16H18N2O6S2. The van der Waals surface area contributed by atoms with Gasteiger partial charge in [-0.3, -0.25) is 4.79 Å². The van der Waals surface area contributed by atoms with Crippen molar-refractivity contribution >= 4 is 33.2 Å². The van der Waals surface area contributed by atoms with Gasteiger partial charge in [-0.25, -0.2) is 13.2 Å². The smallest absolute Gasteiger partial charge is 0.338 e. The van der Waals surface area contributed by atoms with Crippen LogP contribution in [0.5, 0.6) is 0 Å². The fourth-order valence-electron chi connectivity index (χ4n) is 2.85. The summed E-state index contributed by atoms with van der Waals surface area (Å²) in [4.78, 5) is 26.7. The minimum Gasteiger partial charge on any atom is -0.478 e. The number of nitrogens with zero attached hydrogens (tertiary/aromatic N) is 2. The van der Waals surface area contributed by atoms with E-state index >= 15 is 0 Å². The highest BCUT2D eigenvalue weighted by Crippen LogP contribution is 2.28. The minimum absolute atomic E-state index is 0.0667. The third-order valence-electron chi connectivity index (χ3n) is 4.20. The second kappa shape index (κ2) is 6.86. The van der Waals surface area contributed by atoms with Crippen LogP contribution in [0.15, 0.2) is 27.7 Å². The summed E-state index contributed by atoms with van der Waals surface area (Å²) in [5.41, 5.74) is -0.0992. The van der Waals surface area contributed by atoms with Crippen molar-refractivity contribution in [3.8, 4) is 0 Å². The van der Waals surface area contributed by atoms with Crippen LogP contribution in [0.4, 0.5) is 0 Å². The van der Waals surface area contributed by atoms with Gasteiger partial charge in [-0.05, 0) is 19.9 Å². The number of amides is 1. The lowest BCUT2D eigenvalue weighted by molar-refractivity contribution is 0.0664. The molecule has 10 heteroatoms. The Morgan fingerprint density at radius 1 is 1.15 bits per heavy atom. The van der Waals surface area contributed by atoms with E-state index in [0.29, 0.717) is 4.90 Å². The predicted octanol–water partition coefficient (Wildman–Crippen LogP) is 1.80. The van der Waals surface area contributed by atoms with Crippen molar-refractivity contribution in [2.24, 2.45) is 0 Å². The molecule has 1 aliphatic heterocycles. The highest BCUT2D eigenvalue weighted by atomic mass is 32.2. The van der Waals surface area contributed by atoms with Gasteiger partial charge >= 0.3 is 5.97 Å². The van der Waals surface area contributed by atoms with E-state index in [2.05, 4.69) is 0 Å². The first-order valence-corrected chi connectivity index (χ1v) is 10.1. The number of piperazine rings is 1. The van der Waals surface area contributed by atoms with Crippen LogP contribution in [0.25, 0.3) is 0 Å². The SMILES string of the molecule is Cc1cc(S(=O)(=O)N2CCN(C(=O)c3cc(C(=O)O)co3)CC2)c(C)s1. The maximum absolute atomic E-state index is 12.8. The number of aryl methyl sites for hydroxylation is 2. The molecule has 2 aromatic rings. The normalized spacial score (nSPS) is 16.0. The van der Waals surface area contributed by atoms with E-state index in [1.165, 1.54) is 26.6 Å². The molecular weight excluding hydrogens is 380 g/mol. The number of hydrogen-bond donors (Lipinski definition) is 1. The van der Waals surface area contributed by atoms with Gasteiger partial charge in [0.15, 0.2) is 5.76 Å². The van der Waals surface area contributed by atoms with Crippen molar-refractivity contribution < 1.29 is 27.5 Å². The quantitative estimate of drug-likeness (QED) is 0.841. The number of carboxylic acid groups (broad SMARTS) is 1. The molecule has 0 aliphatic carbocycles. The first-order valence-electron chi connectivity index (χ1n) is 7.88. The first kappa shape index (κ1) is 18.6. The third-order valence-corrected chi connectivity index (χ3v) is 7.32. The van der Waals surface area contributed by atoms with Crippen LogP contribution < -0.4 is 0 Å². The van der Waals surface area contributed by atoms with Crippen LogP contribution in [0.1, 0.15) is 30.7 Å². The summed E-state index contributed by atoms with van der Waals surface area (Å²) in [5.74, 6) is -1.69. The summed E-state index contributed by atoms with van der Waals surface area (Å²) in [7, 11) is -3.59. The number of carbonyl (C=O) groups excluding carboxylic acids is 1. The molecule has 0 unspecified atom stereocenters. The standard InChI is InChI=1S/C16H18N2O6S2/c1-10-7-14(11(2)25-10)26(22,23)18-5-3-17(4-6-18)15(19)13-8-12(9-24-13)16(20)21/h7-9H,3-6H2,1-2H3,(H,20,21). The molecule has 0 radical (unpaired) electrons. The Bertz CT molecular complexity index is 951. The number of carboxylic acids is 1. The van der Waals surface area contributed by atoms with E-state index in [4.69, 9.17) is 9.52 Å². The molecule has 140 valence electrons. The molecule has 0 aromatic carbocycles. The molecule has 3 rings (SSSR count). The van der Waals surface area contributed by atoms with Crippen molar-refractivity contribution in [3.63, 3.8) is 0 Å². The number of carbonyl (C=O) groups is 2.